The Balaban J connectivity index is 3.87. The number of unbranched alkanes of at least 4 members (excludes halogenated alkanes) is 4. The van der Waals surface area contributed by atoms with Crippen molar-refractivity contribution in [2.24, 2.45) is 0 Å². The van der Waals surface area contributed by atoms with Gasteiger partial charge in [0.05, 0.1) is 38.8 Å². The van der Waals surface area contributed by atoms with Crippen LogP contribution in [0.3, 0.4) is 0 Å². The normalized spacial score (nSPS) is 12.7. The molecule has 0 radical (unpaired) electrons. The van der Waals surface area contributed by atoms with Gasteiger partial charge in [-0.25, -0.2) is 0 Å². The first kappa shape index (κ1) is 23.3. The summed E-state index contributed by atoms with van der Waals surface area (Å²) in [5.41, 5.74) is 0. The standard InChI is InChI=1S/C15H34O6P2/c1-5-18-22(16,19-6-2)14-12-10-9-11-13-15-23(17,20-7-3)21-8-4/h5-15H2,1-4H3. The second-order valence-corrected chi connectivity index (χ2v) is 9.48. The minimum atomic E-state index is -2.90. The number of rotatable bonds is 16. The smallest absolute Gasteiger partial charge is 0.309 e. The van der Waals surface area contributed by atoms with Crippen molar-refractivity contribution in [1.29, 1.82) is 0 Å². The molecule has 23 heavy (non-hydrogen) atoms. The van der Waals surface area contributed by atoms with Gasteiger partial charge in [0, 0.05) is 0 Å². The van der Waals surface area contributed by atoms with E-state index in [1.807, 2.05) is 27.7 Å². The van der Waals surface area contributed by atoms with Crippen LogP contribution in [0.1, 0.15) is 59.8 Å². The van der Waals surface area contributed by atoms with E-state index in [9.17, 15) is 9.13 Å². The van der Waals surface area contributed by atoms with Crippen molar-refractivity contribution in [1.82, 2.24) is 0 Å². The molecule has 0 saturated heterocycles. The van der Waals surface area contributed by atoms with Gasteiger partial charge in [-0.05, 0) is 40.5 Å². The summed E-state index contributed by atoms with van der Waals surface area (Å²) >= 11 is 0. The highest BCUT2D eigenvalue weighted by Crippen LogP contribution is 2.49. The molecule has 0 aliphatic rings. The number of hydrogen-bond donors (Lipinski definition) is 0. The largest absolute Gasteiger partial charge is 0.330 e. The highest BCUT2D eigenvalue weighted by Gasteiger charge is 2.23. The summed E-state index contributed by atoms with van der Waals surface area (Å²) in [6.45, 7) is 8.90. The van der Waals surface area contributed by atoms with E-state index in [0.717, 1.165) is 32.1 Å². The van der Waals surface area contributed by atoms with Crippen LogP contribution in [-0.2, 0) is 27.2 Å². The summed E-state index contributed by atoms with van der Waals surface area (Å²) in [4.78, 5) is 0. The third-order valence-corrected chi connectivity index (χ3v) is 7.50. The molecular weight excluding hydrogens is 338 g/mol. The minimum absolute atomic E-state index is 0.404. The van der Waals surface area contributed by atoms with Crippen LogP contribution in [-0.4, -0.2) is 38.8 Å². The van der Waals surface area contributed by atoms with Gasteiger partial charge in [0.15, 0.2) is 0 Å². The Morgan fingerprint density at radius 1 is 0.522 bits per heavy atom. The van der Waals surface area contributed by atoms with Gasteiger partial charge in [-0.1, -0.05) is 19.3 Å². The Morgan fingerprint density at radius 3 is 1.04 bits per heavy atom. The molecule has 0 bridgehead atoms. The van der Waals surface area contributed by atoms with E-state index >= 15 is 0 Å². The van der Waals surface area contributed by atoms with Crippen molar-refractivity contribution >= 4 is 15.2 Å². The van der Waals surface area contributed by atoms with Crippen molar-refractivity contribution < 1.29 is 27.2 Å². The molecule has 0 aromatic rings. The van der Waals surface area contributed by atoms with Crippen molar-refractivity contribution in [3.63, 3.8) is 0 Å². The molecule has 6 nitrogen and oxygen atoms in total. The van der Waals surface area contributed by atoms with Crippen LogP contribution in [0.2, 0.25) is 0 Å². The lowest BCUT2D eigenvalue weighted by Gasteiger charge is -2.17. The molecule has 0 amide bonds. The molecule has 140 valence electrons. The number of hydrogen-bond acceptors (Lipinski definition) is 6. The second-order valence-electron chi connectivity index (χ2n) is 5.11. The lowest BCUT2D eigenvalue weighted by atomic mass is 10.2. The van der Waals surface area contributed by atoms with E-state index in [4.69, 9.17) is 18.1 Å². The molecule has 0 N–H and O–H groups in total. The van der Waals surface area contributed by atoms with Gasteiger partial charge in [-0.2, -0.15) is 0 Å². The monoisotopic (exact) mass is 372 g/mol. The molecule has 0 fully saturated rings. The maximum atomic E-state index is 12.3. The average Bonchev–Trinajstić information content (AvgIpc) is 2.47. The van der Waals surface area contributed by atoms with Crippen LogP contribution in [0, 0.1) is 0 Å². The Labute approximate surface area is 141 Å². The molecule has 0 spiro atoms. The molecule has 0 unspecified atom stereocenters. The first-order chi connectivity index (χ1) is 10.9. The fourth-order valence-corrected chi connectivity index (χ4v) is 5.72. The predicted octanol–water partition coefficient (Wildman–Crippen LogP) is 5.47. The van der Waals surface area contributed by atoms with Gasteiger partial charge in [0.2, 0.25) is 0 Å². The van der Waals surface area contributed by atoms with E-state index in [-0.39, 0.29) is 0 Å². The summed E-state index contributed by atoms with van der Waals surface area (Å²) < 4.78 is 45.6. The Hall–Kier alpha value is 0.300. The average molecular weight is 372 g/mol. The van der Waals surface area contributed by atoms with E-state index in [2.05, 4.69) is 0 Å². The van der Waals surface area contributed by atoms with E-state index < -0.39 is 15.2 Å². The molecular formula is C15H34O6P2. The molecule has 0 heterocycles. The fraction of sp³-hybridized carbons (Fsp3) is 1.00. The zero-order valence-electron chi connectivity index (χ0n) is 15.1. The van der Waals surface area contributed by atoms with Crippen LogP contribution < -0.4 is 0 Å². The van der Waals surface area contributed by atoms with E-state index in [1.54, 1.807) is 0 Å². The zero-order valence-corrected chi connectivity index (χ0v) is 16.9. The van der Waals surface area contributed by atoms with Crippen molar-refractivity contribution in [2.45, 2.75) is 59.8 Å². The van der Waals surface area contributed by atoms with E-state index in [0.29, 0.717) is 38.8 Å². The maximum absolute atomic E-state index is 12.3. The molecule has 0 rings (SSSR count). The maximum Gasteiger partial charge on any atom is 0.330 e. The predicted molar refractivity (Wildman–Crippen MR) is 94.5 cm³/mol. The third-order valence-electron chi connectivity index (χ3n) is 3.17. The van der Waals surface area contributed by atoms with Gasteiger partial charge in [0.25, 0.3) is 0 Å². The molecule has 8 heteroatoms. The topological polar surface area (TPSA) is 71.1 Å². The second kappa shape index (κ2) is 13.6. The molecule has 0 aliphatic carbocycles. The summed E-state index contributed by atoms with van der Waals surface area (Å²) in [5, 5.41) is 0. The Morgan fingerprint density at radius 2 is 0.783 bits per heavy atom. The summed E-state index contributed by atoms with van der Waals surface area (Å²) in [7, 11) is -5.81. The summed E-state index contributed by atoms with van der Waals surface area (Å²) in [6, 6.07) is 0. The quantitative estimate of drug-likeness (QED) is 0.264. The van der Waals surface area contributed by atoms with Crippen molar-refractivity contribution in [2.75, 3.05) is 38.8 Å². The van der Waals surface area contributed by atoms with Crippen LogP contribution >= 0.6 is 15.2 Å². The van der Waals surface area contributed by atoms with Gasteiger partial charge in [-0.3, -0.25) is 9.13 Å². The zero-order chi connectivity index (χ0) is 17.6. The lowest BCUT2D eigenvalue weighted by molar-refractivity contribution is 0.219. The van der Waals surface area contributed by atoms with Gasteiger partial charge in [0.1, 0.15) is 0 Å². The SMILES string of the molecule is CCOP(=O)(CCCCCCCP(=O)(OCC)OCC)OCC. The highest BCUT2D eigenvalue weighted by molar-refractivity contribution is 7.54. The van der Waals surface area contributed by atoms with Crippen LogP contribution in [0.4, 0.5) is 0 Å². The third kappa shape index (κ3) is 11.5. The highest BCUT2D eigenvalue weighted by atomic mass is 31.2. The summed E-state index contributed by atoms with van der Waals surface area (Å²) in [5.74, 6) is 0. The molecule has 0 aliphatic heterocycles. The minimum Gasteiger partial charge on any atom is -0.309 e. The fourth-order valence-electron chi connectivity index (χ4n) is 2.26. The van der Waals surface area contributed by atoms with Crippen LogP contribution in [0.5, 0.6) is 0 Å². The van der Waals surface area contributed by atoms with Crippen LogP contribution in [0.25, 0.3) is 0 Å². The van der Waals surface area contributed by atoms with Gasteiger partial charge in [-0.15, -0.1) is 0 Å². The van der Waals surface area contributed by atoms with Crippen molar-refractivity contribution in [3.05, 3.63) is 0 Å². The lowest BCUT2D eigenvalue weighted by Crippen LogP contribution is -2.01. The first-order valence-corrected chi connectivity index (χ1v) is 12.2. The first-order valence-electron chi connectivity index (χ1n) is 8.71. The molecule has 0 saturated carbocycles. The summed E-state index contributed by atoms with van der Waals surface area (Å²) in [6.07, 6.45) is 5.46. The molecule has 0 atom stereocenters. The van der Waals surface area contributed by atoms with Gasteiger partial charge >= 0.3 is 15.2 Å². The molecule has 0 aromatic heterocycles. The van der Waals surface area contributed by atoms with Crippen molar-refractivity contribution in [3.8, 4) is 0 Å². The van der Waals surface area contributed by atoms with Crippen LogP contribution in [0.15, 0.2) is 0 Å². The van der Waals surface area contributed by atoms with Gasteiger partial charge < -0.3 is 18.1 Å². The Kier molecular flexibility index (Phi) is 13.8. The van der Waals surface area contributed by atoms with E-state index in [1.165, 1.54) is 0 Å². The molecule has 0 aromatic carbocycles. The Bertz CT molecular complexity index is 321.